The average Bonchev–Trinajstić information content (AvgIpc) is 2.77. The molecule has 0 N–H and O–H groups in total. The number of methoxy groups -OCH3 is 1. The van der Waals surface area contributed by atoms with Crippen LogP contribution in [-0.4, -0.2) is 19.6 Å². The van der Waals surface area contributed by atoms with Gasteiger partial charge in [0, 0.05) is 24.3 Å². The Balaban J connectivity index is 1.73. The Kier molecular flexibility index (Phi) is 6.68. The lowest BCUT2D eigenvalue weighted by Gasteiger charge is -2.24. The summed E-state index contributed by atoms with van der Waals surface area (Å²) in [6.45, 7) is 4.21. The van der Waals surface area contributed by atoms with Gasteiger partial charge in [0.2, 0.25) is 0 Å². The first-order valence-corrected chi connectivity index (χ1v) is 9.39. The smallest absolute Gasteiger partial charge is 0.337 e. The quantitative estimate of drug-likeness (QED) is 0.515. The summed E-state index contributed by atoms with van der Waals surface area (Å²) in [5.74, 6) is 0.560. The standard InChI is InChI=1S/C24H25NO3/c1-3-25(22-15-13-20(14-16-22)24(26)27-2)17-21-11-7-8-12-23(21)28-18-19-9-5-4-6-10-19/h4-16H,3,17-18H2,1-2H3. The fraction of sp³-hybridized carbons (Fsp3) is 0.208. The predicted octanol–water partition coefficient (Wildman–Crippen LogP) is 5.08. The molecule has 28 heavy (non-hydrogen) atoms. The van der Waals surface area contributed by atoms with Crippen molar-refractivity contribution < 1.29 is 14.3 Å². The molecular formula is C24H25NO3. The third kappa shape index (κ3) is 4.92. The van der Waals surface area contributed by atoms with Crippen LogP contribution in [0.1, 0.15) is 28.4 Å². The predicted molar refractivity (Wildman–Crippen MR) is 112 cm³/mol. The number of rotatable bonds is 8. The monoisotopic (exact) mass is 375 g/mol. The number of carbonyl (C=O) groups is 1. The maximum atomic E-state index is 11.6. The zero-order valence-electron chi connectivity index (χ0n) is 16.3. The first-order chi connectivity index (χ1) is 13.7. The summed E-state index contributed by atoms with van der Waals surface area (Å²) >= 11 is 0. The Bertz CT molecular complexity index is 891. The van der Waals surface area contributed by atoms with Crippen molar-refractivity contribution in [3.63, 3.8) is 0 Å². The second-order valence-corrected chi connectivity index (χ2v) is 6.43. The second-order valence-electron chi connectivity index (χ2n) is 6.43. The van der Waals surface area contributed by atoms with Crippen LogP contribution in [0.5, 0.6) is 5.75 Å². The molecule has 4 heteroatoms. The van der Waals surface area contributed by atoms with E-state index in [9.17, 15) is 4.79 Å². The molecule has 0 aromatic heterocycles. The van der Waals surface area contributed by atoms with Gasteiger partial charge < -0.3 is 14.4 Å². The Morgan fingerprint density at radius 1 is 0.893 bits per heavy atom. The van der Waals surface area contributed by atoms with Gasteiger partial charge in [-0.1, -0.05) is 48.5 Å². The maximum Gasteiger partial charge on any atom is 0.337 e. The third-order valence-corrected chi connectivity index (χ3v) is 4.61. The molecule has 0 atom stereocenters. The largest absolute Gasteiger partial charge is 0.489 e. The van der Waals surface area contributed by atoms with Crippen LogP contribution < -0.4 is 9.64 Å². The number of benzene rings is 3. The zero-order chi connectivity index (χ0) is 19.8. The highest BCUT2D eigenvalue weighted by molar-refractivity contribution is 5.89. The van der Waals surface area contributed by atoms with Crippen molar-refractivity contribution in [2.45, 2.75) is 20.1 Å². The van der Waals surface area contributed by atoms with Crippen LogP contribution in [0.4, 0.5) is 5.69 Å². The van der Waals surface area contributed by atoms with Gasteiger partial charge >= 0.3 is 5.97 Å². The van der Waals surface area contributed by atoms with E-state index in [0.29, 0.717) is 12.2 Å². The van der Waals surface area contributed by atoms with Crippen LogP contribution in [0, 0.1) is 0 Å². The van der Waals surface area contributed by atoms with Gasteiger partial charge in [-0.3, -0.25) is 0 Å². The highest BCUT2D eigenvalue weighted by atomic mass is 16.5. The van der Waals surface area contributed by atoms with Gasteiger partial charge in [0.1, 0.15) is 12.4 Å². The number of hydrogen-bond donors (Lipinski definition) is 0. The van der Waals surface area contributed by atoms with E-state index in [1.807, 2.05) is 48.5 Å². The Hall–Kier alpha value is -3.27. The van der Waals surface area contributed by atoms with E-state index in [-0.39, 0.29) is 5.97 Å². The number of anilines is 1. The average molecular weight is 375 g/mol. The molecule has 0 saturated carbocycles. The zero-order valence-corrected chi connectivity index (χ0v) is 16.3. The molecule has 0 heterocycles. The van der Waals surface area contributed by atoms with Crippen LogP contribution in [0.3, 0.4) is 0 Å². The van der Waals surface area contributed by atoms with E-state index in [0.717, 1.165) is 35.7 Å². The molecule has 4 nitrogen and oxygen atoms in total. The molecule has 144 valence electrons. The summed E-state index contributed by atoms with van der Waals surface area (Å²) in [6, 6.07) is 25.7. The topological polar surface area (TPSA) is 38.8 Å². The van der Waals surface area contributed by atoms with E-state index in [2.05, 4.69) is 30.0 Å². The molecule has 0 aliphatic carbocycles. The van der Waals surface area contributed by atoms with Crippen LogP contribution in [0.2, 0.25) is 0 Å². The van der Waals surface area contributed by atoms with E-state index in [1.54, 1.807) is 12.1 Å². The molecule has 0 unspecified atom stereocenters. The number of ether oxygens (including phenoxy) is 2. The molecule has 0 bridgehead atoms. The lowest BCUT2D eigenvalue weighted by Crippen LogP contribution is -2.22. The van der Waals surface area contributed by atoms with E-state index >= 15 is 0 Å². The Morgan fingerprint density at radius 2 is 1.57 bits per heavy atom. The minimum absolute atomic E-state index is 0.325. The molecule has 0 aliphatic rings. The van der Waals surface area contributed by atoms with Gasteiger partial charge in [-0.15, -0.1) is 0 Å². The maximum absolute atomic E-state index is 11.6. The number of nitrogens with zero attached hydrogens (tertiary/aromatic N) is 1. The van der Waals surface area contributed by atoms with Gasteiger partial charge in [-0.25, -0.2) is 4.79 Å². The van der Waals surface area contributed by atoms with Crippen LogP contribution in [0.25, 0.3) is 0 Å². The fourth-order valence-corrected chi connectivity index (χ4v) is 3.03. The number of hydrogen-bond acceptors (Lipinski definition) is 4. The summed E-state index contributed by atoms with van der Waals surface area (Å²) in [7, 11) is 1.39. The van der Waals surface area contributed by atoms with E-state index < -0.39 is 0 Å². The first-order valence-electron chi connectivity index (χ1n) is 9.39. The number of carbonyl (C=O) groups excluding carboxylic acids is 1. The van der Waals surface area contributed by atoms with Crippen LogP contribution >= 0.6 is 0 Å². The Labute approximate surface area is 166 Å². The Morgan fingerprint density at radius 3 is 2.25 bits per heavy atom. The lowest BCUT2D eigenvalue weighted by molar-refractivity contribution is 0.0601. The lowest BCUT2D eigenvalue weighted by atomic mass is 10.1. The van der Waals surface area contributed by atoms with Crippen molar-refractivity contribution >= 4 is 11.7 Å². The van der Waals surface area contributed by atoms with E-state index in [4.69, 9.17) is 9.47 Å². The third-order valence-electron chi connectivity index (χ3n) is 4.61. The van der Waals surface area contributed by atoms with Gasteiger partial charge in [-0.2, -0.15) is 0 Å². The second kappa shape index (κ2) is 9.60. The normalized spacial score (nSPS) is 10.4. The van der Waals surface area contributed by atoms with Crippen molar-refractivity contribution in [3.05, 3.63) is 95.6 Å². The molecule has 3 aromatic carbocycles. The molecule has 0 fully saturated rings. The minimum Gasteiger partial charge on any atom is -0.489 e. The van der Waals surface area contributed by atoms with E-state index in [1.165, 1.54) is 7.11 Å². The minimum atomic E-state index is -0.325. The summed E-state index contributed by atoms with van der Waals surface area (Å²) in [4.78, 5) is 13.9. The molecule has 0 aliphatic heterocycles. The van der Waals surface area contributed by atoms with Crippen molar-refractivity contribution in [1.82, 2.24) is 0 Å². The summed E-state index contributed by atoms with van der Waals surface area (Å²) in [6.07, 6.45) is 0. The molecule has 3 aromatic rings. The summed E-state index contributed by atoms with van der Waals surface area (Å²) in [5, 5.41) is 0. The van der Waals surface area contributed by atoms with Crippen molar-refractivity contribution in [2.75, 3.05) is 18.6 Å². The number of esters is 1. The molecular weight excluding hydrogens is 350 g/mol. The van der Waals surface area contributed by atoms with Crippen molar-refractivity contribution in [1.29, 1.82) is 0 Å². The van der Waals surface area contributed by atoms with Crippen LogP contribution in [0.15, 0.2) is 78.9 Å². The van der Waals surface area contributed by atoms with Crippen molar-refractivity contribution in [2.24, 2.45) is 0 Å². The van der Waals surface area contributed by atoms with Crippen molar-refractivity contribution in [3.8, 4) is 5.75 Å². The molecule has 0 spiro atoms. The molecule has 0 saturated heterocycles. The fourth-order valence-electron chi connectivity index (χ4n) is 3.03. The van der Waals surface area contributed by atoms with Gasteiger partial charge in [0.05, 0.1) is 12.7 Å². The highest BCUT2D eigenvalue weighted by Gasteiger charge is 2.11. The molecule has 0 radical (unpaired) electrons. The summed E-state index contributed by atoms with van der Waals surface area (Å²) in [5.41, 5.74) is 3.86. The number of para-hydroxylation sites is 1. The molecule has 0 amide bonds. The SMILES string of the molecule is CCN(Cc1ccccc1OCc1ccccc1)c1ccc(C(=O)OC)cc1. The van der Waals surface area contributed by atoms with Gasteiger partial charge in [0.15, 0.2) is 0 Å². The van der Waals surface area contributed by atoms with Gasteiger partial charge in [0.25, 0.3) is 0 Å². The molecule has 3 rings (SSSR count). The van der Waals surface area contributed by atoms with Gasteiger partial charge in [-0.05, 0) is 42.8 Å². The summed E-state index contributed by atoms with van der Waals surface area (Å²) < 4.78 is 10.9. The van der Waals surface area contributed by atoms with Crippen LogP contribution in [-0.2, 0) is 17.9 Å². The highest BCUT2D eigenvalue weighted by Crippen LogP contribution is 2.24. The first kappa shape index (κ1) is 19.5.